The highest BCUT2D eigenvalue weighted by molar-refractivity contribution is 5.91. The van der Waals surface area contributed by atoms with Crippen LogP contribution in [0.1, 0.15) is 6.92 Å². The number of aliphatic hydroxyl groups is 1. The molecule has 0 aromatic carbocycles. The lowest BCUT2D eigenvalue weighted by Gasteiger charge is -1.92. The minimum absolute atomic E-state index is 0.346. The Hall–Kier alpha value is -0.830. The molecule has 1 N–H and O–H groups in total. The summed E-state index contributed by atoms with van der Waals surface area (Å²) in [6.45, 7) is 4.41. The fourth-order valence-corrected chi connectivity index (χ4v) is 0.199. The molecule has 0 saturated heterocycles. The average Bonchev–Trinajstić information content (AvgIpc) is 1.67. The molecule has 0 saturated carbocycles. The van der Waals surface area contributed by atoms with Gasteiger partial charge in [-0.3, -0.25) is 4.79 Å². The lowest BCUT2D eigenvalue weighted by atomic mass is 10.3. The van der Waals surface area contributed by atoms with Gasteiger partial charge in [0.25, 0.3) is 5.91 Å². The Morgan fingerprint density at radius 2 is 2.38 bits per heavy atom. The van der Waals surface area contributed by atoms with Gasteiger partial charge in [-0.25, -0.2) is 5.32 Å². The average molecular weight is 114 g/mol. The monoisotopic (exact) mass is 114 g/mol. The topological polar surface area (TPSA) is 51.4 Å². The van der Waals surface area contributed by atoms with Crippen molar-refractivity contribution in [2.45, 2.75) is 6.92 Å². The number of aliphatic hydroxyl groups excluding tert-OH is 1. The molecule has 0 atom stereocenters. The molecule has 0 aromatic rings. The maximum atomic E-state index is 10.3. The van der Waals surface area contributed by atoms with Crippen molar-refractivity contribution < 1.29 is 9.90 Å². The van der Waals surface area contributed by atoms with Gasteiger partial charge in [-0.1, -0.05) is 6.58 Å². The number of rotatable bonds is 2. The van der Waals surface area contributed by atoms with Crippen LogP contribution in [-0.4, -0.2) is 17.7 Å². The Labute approximate surface area is 48.0 Å². The van der Waals surface area contributed by atoms with E-state index in [-0.39, 0.29) is 0 Å². The first-order valence-corrected chi connectivity index (χ1v) is 2.16. The van der Waals surface area contributed by atoms with Crippen LogP contribution in [0, 0.1) is 0 Å². The van der Waals surface area contributed by atoms with Crippen molar-refractivity contribution in [1.82, 2.24) is 5.32 Å². The van der Waals surface area contributed by atoms with Crippen molar-refractivity contribution in [2.24, 2.45) is 0 Å². The zero-order valence-corrected chi connectivity index (χ0v) is 4.72. The van der Waals surface area contributed by atoms with E-state index >= 15 is 0 Å². The lowest BCUT2D eigenvalue weighted by molar-refractivity contribution is -0.118. The molecular formula is C5H8NO2. The van der Waals surface area contributed by atoms with Crippen molar-refractivity contribution in [3.63, 3.8) is 0 Å². The molecule has 0 aliphatic carbocycles. The van der Waals surface area contributed by atoms with E-state index in [1.807, 2.05) is 0 Å². The lowest BCUT2D eigenvalue weighted by Crippen LogP contribution is -2.16. The van der Waals surface area contributed by atoms with Crippen molar-refractivity contribution in [2.75, 3.05) is 6.73 Å². The van der Waals surface area contributed by atoms with Gasteiger partial charge in [0.1, 0.15) is 6.73 Å². The molecule has 0 bridgehead atoms. The second-order valence-corrected chi connectivity index (χ2v) is 1.39. The van der Waals surface area contributed by atoms with Crippen LogP contribution < -0.4 is 5.32 Å². The van der Waals surface area contributed by atoms with Crippen molar-refractivity contribution in [3.8, 4) is 0 Å². The van der Waals surface area contributed by atoms with Crippen LogP contribution in [0.15, 0.2) is 12.2 Å². The third-order valence-corrected chi connectivity index (χ3v) is 0.579. The van der Waals surface area contributed by atoms with E-state index in [1.165, 1.54) is 0 Å². The normalized spacial score (nSPS) is 8.25. The highest BCUT2D eigenvalue weighted by atomic mass is 16.3. The molecule has 0 spiro atoms. The van der Waals surface area contributed by atoms with Gasteiger partial charge in [0.15, 0.2) is 0 Å². The van der Waals surface area contributed by atoms with Crippen LogP contribution in [0.4, 0.5) is 0 Å². The third kappa shape index (κ3) is 2.36. The van der Waals surface area contributed by atoms with Gasteiger partial charge in [0.2, 0.25) is 0 Å². The number of amides is 1. The second kappa shape index (κ2) is 3.21. The van der Waals surface area contributed by atoms with Crippen LogP contribution in [0.3, 0.4) is 0 Å². The van der Waals surface area contributed by atoms with E-state index in [0.29, 0.717) is 5.57 Å². The molecule has 45 valence electrons. The molecule has 0 heterocycles. The molecule has 3 heteroatoms. The van der Waals surface area contributed by atoms with E-state index < -0.39 is 12.6 Å². The number of carbonyl (C=O) groups is 1. The smallest absolute Gasteiger partial charge is 0.269 e. The van der Waals surface area contributed by atoms with Gasteiger partial charge in [0, 0.05) is 5.57 Å². The molecule has 1 amide bonds. The molecule has 0 fully saturated rings. The Balaban J connectivity index is 3.49. The van der Waals surface area contributed by atoms with Gasteiger partial charge < -0.3 is 5.11 Å². The summed E-state index contributed by atoms with van der Waals surface area (Å²) in [5.41, 5.74) is 0.346. The summed E-state index contributed by atoms with van der Waals surface area (Å²) in [4.78, 5) is 10.3. The van der Waals surface area contributed by atoms with Gasteiger partial charge in [0.05, 0.1) is 0 Å². The maximum absolute atomic E-state index is 10.3. The summed E-state index contributed by atoms with van der Waals surface area (Å²) in [6, 6.07) is 0. The van der Waals surface area contributed by atoms with E-state index in [9.17, 15) is 4.79 Å². The summed E-state index contributed by atoms with van der Waals surface area (Å²) < 4.78 is 0. The highest BCUT2D eigenvalue weighted by Gasteiger charge is 1.98. The van der Waals surface area contributed by atoms with E-state index in [4.69, 9.17) is 5.11 Å². The minimum Gasteiger partial charge on any atom is -0.374 e. The predicted molar refractivity (Wildman–Crippen MR) is 29.0 cm³/mol. The van der Waals surface area contributed by atoms with Crippen molar-refractivity contribution in [1.29, 1.82) is 0 Å². The predicted octanol–water partition coefficient (Wildman–Crippen LogP) is -0.357. The Morgan fingerprint density at radius 1 is 1.88 bits per heavy atom. The van der Waals surface area contributed by atoms with E-state index in [2.05, 4.69) is 11.9 Å². The number of carbonyl (C=O) groups excluding carboxylic acids is 1. The summed E-state index contributed by atoms with van der Waals surface area (Å²) in [5, 5.41) is 11.2. The number of hydrogen-bond acceptors (Lipinski definition) is 2. The fourth-order valence-electron chi connectivity index (χ4n) is 0.199. The SMILES string of the molecule is C=C(C)C(=O)[N]CO. The first kappa shape index (κ1) is 7.17. The first-order valence-electron chi connectivity index (χ1n) is 2.16. The van der Waals surface area contributed by atoms with Gasteiger partial charge in [-0.05, 0) is 6.92 Å². The molecule has 0 aliphatic heterocycles. The van der Waals surface area contributed by atoms with Gasteiger partial charge >= 0.3 is 0 Å². The first-order chi connectivity index (χ1) is 3.68. The van der Waals surface area contributed by atoms with Gasteiger partial charge in [-0.15, -0.1) is 0 Å². The standard InChI is InChI=1S/C5H8NO2/c1-4(2)5(8)6-3-7/h7H,1,3H2,2H3. The zero-order valence-electron chi connectivity index (χ0n) is 4.72. The summed E-state index contributed by atoms with van der Waals surface area (Å²) >= 11 is 0. The maximum Gasteiger partial charge on any atom is 0.269 e. The quantitative estimate of drug-likeness (QED) is 0.498. The van der Waals surface area contributed by atoms with E-state index in [1.54, 1.807) is 6.92 Å². The third-order valence-electron chi connectivity index (χ3n) is 0.579. The molecule has 0 rings (SSSR count). The van der Waals surface area contributed by atoms with E-state index in [0.717, 1.165) is 0 Å². The largest absolute Gasteiger partial charge is 0.374 e. The molecular weight excluding hydrogens is 106 g/mol. The summed E-state index contributed by atoms with van der Waals surface area (Å²) in [5.74, 6) is -0.437. The number of hydrogen-bond donors (Lipinski definition) is 1. The molecule has 1 radical (unpaired) electrons. The fraction of sp³-hybridized carbons (Fsp3) is 0.400. The Kier molecular flexibility index (Phi) is 2.88. The van der Waals surface area contributed by atoms with Crippen LogP contribution in [-0.2, 0) is 4.79 Å². The minimum atomic E-state index is -0.453. The molecule has 0 aromatic heterocycles. The second-order valence-electron chi connectivity index (χ2n) is 1.39. The van der Waals surface area contributed by atoms with Crippen molar-refractivity contribution >= 4 is 5.91 Å². The number of nitrogens with zero attached hydrogens (tertiary/aromatic N) is 1. The van der Waals surface area contributed by atoms with Gasteiger partial charge in [-0.2, -0.15) is 0 Å². The van der Waals surface area contributed by atoms with Crippen LogP contribution in [0.25, 0.3) is 0 Å². The molecule has 0 aliphatic rings. The molecule has 8 heavy (non-hydrogen) atoms. The van der Waals surface area contributed by atoms with Crippen molar-refractivity contribution in [3.05, 3.63) is 12.2 Å². The van der Waals surface area contributed by atoms with Crippen LogP contribution in [0.2, 0.25) is 0 Å². The Morgan fingerprint density at radius 3 is 2.50 bits per heavy atom. The Bertz CT molecular complexity index is 109. The zero-order chi connectivity index (χ0) is 6.57. The summed E-state index contributed by atoms with van der Waals surface area (Å²) in [7, 11) is 0. The molecule has 0 unspecified atom stereocenters. The highest BCUT2D eigenvalue weighted by Crippen LogP contribution is 1.84. The van der Waals surface area contributed by atoms with Crippen LogP contribution in [0.5, 0.6) is 0 Å². The van der Waals surface area contributed by atoms with Crippen LogP contribution >= 0.6 is 0 Å². The molecule has 3 nitrogen and oxygen atoms in total. The summed E-state index contributed by atoms with van der Waals surface area (Å²) in [6.07, 6.45) is 0.